The molecule has 30 heavy (non-hydrogen) atoms. The second kappa shape index (κ2) is 9.27. The first kappa shape index (κ1) is 21.0. The summed E-state index contributed by atoms with van der Waals surface area (Å²) in [6.07, 6.45) is 6.13. The maximum atomic E-state index is 13.2. The highest BCUT2D eigenvalue weighted by Gasteiger charge is 2.21. The van der Waals surface area contributed by atoms with Crippen LogP contribution in [0, 0.1) is 6.92 Å². The lowest BCUT2D eigenvalue weighted by atomic mass is 10.2. The third-order valence-electron chi connectivity index (χ3n) is 6.00. The number of fused-ring (bicyclic) bond motifs is 3. The lowest BCUT2D eigenvalue weighted by Gasteiger charge is -2.20. The molecule has 0 bridgehead atoms. The predicted octanol–water partition coefficient (Wildman–Crippen LogP) is 3.86. The summed E-state index contributed by atoms with van der Waals surface area (Å²) in [5, 5.41) is 9.08. The molecule has 1 atom stereocenters. The summed E-state index contributed by atoms with van der Waals surface area (Å²) >= 11 is 1.58. The number of carbonyl (C=O) groups excluding carboxylic acids is 1. The fourth-order valence-electron chi connectivity index (χ4n) is 4.27. The van der Waals surface area contributed by atoms with E-state index in [2.05, 4.69) is 15.3 Å². The van der Waals surface area contributed by atoms with Crippen LogP contribution in [0.5, 0.6) is 0 Å². The van der Waals surface area contributed by atoms with Gasteiger partial charge in [0.05, 0.1) is 15.8 Å². The van der Waals surface area contributed by atoms with E-state index in [0.717, 1.165) is 46.5 Å². The number of nitrogens with one attached hydrogen (secondary N) is 1. The van der Waals surface area contributed by atoms with E-state index in [1.165, 1.54) is 30.4 Å². The number of rotatable bonds is 6. The molecule has 1 aromatic carbocycles. The molecule has 0 unspecified atom stereocenters. The van der Waals surface area contributed by atoms with Crippen LogP contribution < -0.4 is 10.9 Å². The molecular weight excluding hydrogens is 396 g/mol. The summed E-state index contributed by atoms with van der Waals surface area (Å²) in [5.74, 6) is -0.154. The fourth-order valence-corrected chi connectivity index (χ4v) is 5.41. The number of hydrogen-bond acceptors (Lipinski definition) is 5. The highest BCUT2D eigenvalue weighted by molar-refractivity contribution is 7.26. The molecular formula is C23H30N4O2S. The number of hydrogen-bond donors (Lipinski definition) is 1. The number of amides is 1. The van der Waals surface area contributed by atoms with Gasteiger partial charge in [0.2, 0.25) is 5.91 Å². The van der Waals surface area contributed by atoms with Gasteiger partial charge < -0.3 is 10.2 Å². The van der Waals surface area contributed by atoms with Crippen molar-refractivity contribution < 1.29 is 4.79 Å². The van der Waals surface area contributed by atoms with E-state index in [0.29, 0.717) is 11.9 Å². The zero-order valence-electron chi connectivity index (χ0n) is 17.8. The molecule has 0 aliphatic carbocycles. The van der Waals surface area contributed by atoms with Gasteiger partial charge in [-0.1, -0.05) is 31.0 Å². The maximum absolute atomic E-state index is 13.2. The Morgan fingerprint density at radius 2 is 1.93 bits per heavy atom. The van der Waals surface area contributed by atoms with Crippen LogP contribution in [0.2, 0.25) is 0 Å². The molecule has 6 nitrogen and oxygen atoms in total. The summed E-state index contributed by atoms with van der Waals surface area (Å²) < 4.78 is 3.32. The smallest absolute Gasteiger partial charge is 0.276 e. The summed E-state index contributed by atoms with van der Waals surface area (Å²) in [6.45, 7) is 7.61. The first-order valence-corrected chi connectivity index (χ1v) is 11.8. The number of likely N-dealkylation sites (tertiary alicyclic amines) is 1. The van der Waals surface area contributed by atoms with E-state index in [9.17, 15) is 9.59 Å². The van der Waals surface area contributed by atoms with Crippen LogP contribution in [0.1, 0.15) is 50.8 Å². The molecule has 7 heteroatoms. The predicted molar refractivity (Wildman–Crippen MR) is 123 cm³/mol. The van der Waals surface area contributed by atoms with E-state index < -0.39 is 6.04 Å². The Morgan fingerprint density at radius 1 is 1.20 bits per heavy atom. The Hall–Kier alpha value is -2.25. The van der Waals surface area contributed by atoms with Gasteiger partial charge in [-0.15, -0.1) is 11.3 Å². The maximum Gasteiger partial charge on any atom is 0.276 e. The van der Waals surface area contributed by atoms with Gasteiger partial charge in [-0.3, -0.25) is 9.59 Å². The van der Waals surface area contributed by atoms with Gasteiger partial charge in [0.25, 0.3) is 5.56 Å². The number of aromatic nitrogens is 2. The Balaban J connectivity index is 1.45. The highest BCUT2D eigenvalue weighted by atomic mass is 32.1. The van der Waals surface area contributed by atoms with E-state index in [1.54, 1.807) is 18.3 Å². The van der Waals surface area contributed by atoms with Gasteiger partial charge in [0.15, 0.2) is 0 Å². The van der Waals surface area contributed by atoms with Crippen LogP contribution in [-0.4, -0.2) is 46.8 Å². The average molecular weight is 427 g/mol. The topological polar surface area (TPSA) is 67.2 Å². The highest BCUT2D eigenvalue weighted by Crippen LogP contribution is 2.32. The second-order valence-corrected chi connectivity index (χ2v) is 9.27. The lowest BCUT2D eigenvalue weighted by Crippen LogP contribution is -2.38. The number of aryl methyl sites for hydroxylation is 1. The van der Waals surface area contributed by atoms with Crippen molar-refractivity contribution in [3.05, 3.63) is 40.3 Å². The molecule has 0 saturated carbocycles. The van der Waals surface area contributed by atoms with E-state index >= 15 is 0 Å². The molecule has 1 N–H and O–H groups in total. The van der Waals surface area contributed by atoms with Crippen molar-refractivity contribution in [2.24, 2.45) is 0 Å². The number of carbonyl (C=O) groups is 1. The van der Waals surface area contributed by atoms with Crippen molar-refractivity contribution in [3.8, 4) is 0 Å². The summed E-state index contributed by atoms with van der Waals surface area (Å²) in [6, 6.07) is 7.25. The van der Waals surface area contributed by atoms with Crippen LogP contribution >= 0.6 is 11.3 Å². The lowest BCUT2D eigenvalue weighted by molar-refractivity contribution is -0.124. The van der Waals surface area contributed by atoms with Gasteiger partial charge in [-0.05, 0) is 58.8 Å². The minimum absolute atomic E-state index is 0.154. The molecule has 0 spiro atoms. The second-order valence-electron chi connectivity index (χ2n) is 8.21. The third kappa shape index (κ3) is 4.27. The Bertz CT molecular complexity index is 1100. The van der Waals surface area contributed by atoms with Crippen LogP contribution in [0.4, 0.5) is 0 Å². The largest absolute Gasteiger partial charge is 0.354 e. The minimum Gasteiger partial charge on any atom is -0.354 e. The normalized spacial score (nSPS) is 16.6. The first-order chi connectivity index (χ1) is 14.6. The molecule has 1 fully saturated rings. The number of nitrogens with zero attached hydrogens (tertiary/aromatic N) is 3. The van der Waals surface area contributed by atoms with Gasteiger partial charge in [-0.25, -0.2) is 4.68 Å². The quantitative estimate of drug-likeness (QED) is 0.608. The summed E-state index contributed by atoms with van der Waals surface area (Å²) in [5.41, 5.74) is 0.590. The Labute approximate surface area is 180 Å². The molecule has 3 heterocycles. The SMILES string of the molecule is Cc1nn([C@@H](C)C(=O)NCCCN2CCCCCC2)c(=O)c2c1sc1ccccc12. The molecule has 1 aliphatic heterocycles. The van der Waals surface area contributed by atoms with Crippen LogP contribution in [0.25, 0.3) is 20.2 Å². The number of thiophene rings is 1. The molecule has 3 aromatic rings. The summed E-state index contributed by atoms with van der Waals surface area (Å²) in [7, 11) is 0. The Kier molecular flexibility index (Phi) is 6.49. The van der Waals surface area contributed by atoms with E-state index in [1.807, 2.05) is 31.2 Å². The fraction of sp³-hybridized carbons (Fsp3) is 0.522. The standard InChI is InChI=1S/C23H30N4O2S/c1-16-21-20(18-10-5-6-11-19(18)30-21)23(29)27(25-16)17(2)22(28)24-12-9-15-26-13-7-3-4-8-14-26/h5-6,10-11,17H,3-4,7-9,12-15H2,1-2H3,(H,24,28)/t17-/m0/s1. The van der Waals surface area contributed by atoms with Crippen LogP contribution in [0.3, 0.4) is 0 Å². The molecule has 4 rings (SSSR count). The Morgan fingerprint density at radius 3 is 2.70 bits per heavy atom. The minimum atomic E-state index is -0.641. The van der Waals surface area contributed by atoms with Crippen molar-refractivity contribution in [1.29, 1.82) is 0 Å². The van der Waals surface area contributed by atoms with Gasteiger partial charge in [0.1, 0.15) is 6.04 Å². The monoisotopic (exact) mass is 426 g/mol. The van der Waals surface area contributed by atoms with E-state index in [4.69, 9.17) is 0 Å². The molecule has 2 aromatic heterocycles. The van der Waals surface area contributed by atoms with Crippen molar-refractivity contribution in [1.82, 2.24) is 20.0 Å². The van der Waals surface area contributed by atoms with Crippen LogP contribution in [-0.2, 0) is 4.79 Å². The van der Waals surface area contributed by atoms with E-state index in [-0.39, 0.29) is 11.5 Å². The van der Waals surface area contributed by atoms with Crippen LogP contribution in [0.15, 0.2) is 29.1 Å². The van der Waals surface area contributed by atoms with Crippen molar-refractivity contribution in [2.75, 3.05) is 26.2 Å². The average Bonchev–Trinajstić information content (AvgIpc) is 2.96. The van der Waals surface area contributed by atoms with Crippen molar-refractivity contribution >= 4 is 37.4 Å². The zero-order chi connectivity index (χ0) is 21.1. The molecule has 1 saturated heterocycles. The molecule has 160 valence electrons. The first-order valence-electron chi connectivity index (χ1n) is 11.0. The zero-order valence-corrected chi connectivity index (χ0v) is 18.6. The third-order valence-corrected chi connectivity index (χ3v) is 7.28. The molecule has 1 aliphatic rings. The van der Waals surface area contributed by atoms with Gasteiger partial charge >= 0.3 is 0 Å². The van der Waals surface area contributed by atoms with Crippen molar-refractivity contribution in [2.45, 2.75) is 52.0 Å². The number of benzene rings is 1. The van der Waals surface area contributed by atoms with Gasteiger partial charge in [0, 0.05) is 16.6 Å². The molecule has 1 amide bonds. The van der Waals surface area contributed by atoms with Crippen molar-refractivity contribution in [3.63, 3.8) is 0 Å². The molecule has 0 radical (unpaired) electrons. The van der Waals surface area contributed by atoms with Gasteiger partial charge in [-0.2, -0.15) is 5.10 Å². The summed E-state index contributed by atoms with van der Waals surface area (Å²) in [4.78, 5) is 28.4.